The van der Waals surface area contributed by atoms with Crippen LogP contribution in [0.15, 0.2) is 47.4 Å². The van der Waals surface area contributed by atoms with E-state index in [4.69, 9.17) is 4.74 Å². The van der Waals surface area contributed by atoms with Crippen molar-refractivity contribution in [3.05, 3.63) is 53.9 Å². The number of piperazine rings is 1. The molecule has 0 N–H and O–H groups in total. The molecule has 10 heteroatoms. The van der Waals surface area contributed by atoms with Gasteiger partial charge in [-0.05, 0) is 56.3 Å². The van der Waals surface area contributed by atoms with Crippen LogP contribution >= 0.6 is 0 Å². The molecule has 3 aromatic rings. The molecule has 30 heavy (non-hydrogen) atoms. The molecule has 0 saturated carbocycles. The maximum atomic E-state index is 12.9. The predicted molar refractivity (Wildman–Crippen MR) is 113 cm³/mol. The molecule has 1 aromatic carbocycles. The molecule has 0 amide bonds. The number of hydrogen-bond acceptors (Lipinski definition) is 7. The molecule has 0 radical (unpaired) electrons. The summed E-state index contributed by atoms with van der Waals surface area (Å²) >= 11 is 0. The van der Waals surface area contributed by atoms with Crippen molar-refractivity contribution < 1.29 is 13.2 Å². The number of benzene rings is 1. The molecule has 0 aliphatic carbocycles. The smallest absolute Gasteiger partial charge is 0.243 e. The van der Waals surface area contributed by atoms with Crippen molar-refractivity contribution in [2.24, 2.45) is 0 Å². The van der Waals surface area contributed by atoms with Gasteiger partial charge in [-0.15, -0.1) is 10.2 Å². The molecular formula is C20H24N6O3S. The fourth-order valence-electron chi connectivity index (χ4n) is 3.51. The Labute approximate surface area is 176 Å². The number of rotatable bonds is 5. The molecule has 9 nitrogen and oxygen atoms in total. The van der Waals surface area contributed by atoms with Crippen LogP contribution in [0.2, 0.25) is 0 Å². The largest absolute Gasteiger partial charge is 0.497 e. The molecule has 0 bridgehead atoms. The Morgan fingerprint density at radius 2 is 1.53 bits per heavy atom. The highest BCUT2D eigenvalue weighted by Gasteiger charge is 2.29. The fraction of sp³-hybridized carbons (Fsp3) is 0.350. The molecule has 1 fully saturated rings. The lowest BCUT2D eigenvalue weighted by molar-refractivity contribution is 0.383. The van der Waals surface area contributed by atoms with E-state index in [1.165, 1.54) is 4.31 Å². The van der Waals surface area contributed by atoms with E-state index >= 15 is 0 Å². The van der Waals surface area contributed by atoms with E-state index in [2.05, 4.69) is 15.3 Å². The molecule has 158 valence electrons. The van der Waals surface area contributed by atoms with Gasteiger partial charge in [-0.2, -0.15) is 9.40 Å². The maximum Gasteiger partial charge on any atom is 0.243 e. The zero-order chi connectivity index (χ0) is 21.3. The highest BCUT2D eigenvalue weighted by molar-refractivity contribution is 7.89. The van der Waals surface area contributed by atoms with Gasteiger partial charge < -0.3 is 9.64 Å². The van der Waals surface area contributed by atoms with E-state index in [0.717, 1.165) is 17.2 Å². The van der Waals surface area contributed by atoms with Crippen molar-refractivity contribution in [2.75, 3.05) is 38.2 Å². The normalized spacial score (nSPS) is 15.4. The van der Waals surface area contributed by atoms with Crippen molar-refractivity contribution >= 4 is 15.8 Å². The van der Waals surface area contributed by atoms with Gasteiger partial charge in [0.15, 0.2) is 11.6 Å². The van der Waals surface area contributed by atoms with Crippen LogP contribution < -0.4 is 9.64 Å². The van der Waals surface area contributed by atoms with Gasteiger partial charge in [-0.3, -0.25) is 0 Å². The molecule has 1 aliphatic rings. The third-order valence-corrected chi connectivity index (χ3v) is 7.04. The molecule has 0 spiro atoms. The average molecular weight is 429 g/mol. The number of nitrogens with zero attached hydrogens (tertiary/aromatic N) is 6. The minimum Gasteiger partial charge on any atom is -0.497 e. The third kappa shape index (κ3) is 3.88. The number of aromatic nitrogens is 4. The summed E-state index contributed by atoms with van der Waals surface area (Å²) in [4.78, 5) is 2.31. The number of hydrogen-bond donors (Lipinski definition) is 0. The summed E-state index contributed by atoms with van der Waals surface area (Å²) in [7, 11) is -1.98. The second-order valence-electron chi connectivity index (χ2n) is 7.16. The SMILES string of the molecule is COc1ccc(S(=O)(=O)N2CCN(c3ccc(-n4nc(C)cc4C)nn3)CC2)cc1. The highest BCUT2D eigenvalue weighted by atomic mass is 32.2. The van der Waals surface area contributed by atoms with E-state index < -0.39 is 10.0 Å². The van der Waals surface area contributed by atoms with Crippen LogP contribution in [0.3, 0.4) is 0 Å². The van der Waals surface area contributed by atoms with Gasteiger partial charge in [-0.25, -0.2) is 13.1 Å². The molecular weight excluding hydrogens is 404 g/mol. The van der Waals surface area contributed by atoms with Crippen LogP contribution in [0, 0.1) is 13.8 Å². The first kappa shape index (κ1) is 20.3. The first-order valence-corrected chi connectivity index (χ1v) is 11.1. The Kier molecular flexibility index (Phi) is 5.44. The molecule has 1 aliphatic heterocycles. The van der Waals surface area contributed by atoms with Gasteiger partial charge in [0.2, 0.25) is 10.0 Å². The van der Waals surface area contributed by atoms with Crippen LogP contribution in [-0.2, 0) is 10.0 Å². The number of anilines is 1. The Morgan fingerprint density at radius 3 is 2.07 bits per heavy atom. The van der Waals surface area contributed by atoms with E-state index in [9.17, 15) is 8.42 Å². The average Bonchev–Trinajstić information content (AvgIpc) is 3.12. The van der Waals surface area contributed by atoms with Crippen LogP contribution in [0.5, 0.6) is 5.75 Å². The van der Waals surface area contributed by atoms with Crippen LogP contribution in [0.1, 0.15) is 11.4 Å². The summed E-state index contributed by atoms with van der Waals surface area (Å²) in [5.74, 6) is 2.01. The number of ether oxygens (including phenoxy) is 1. The van der Waals surface area contributed by atoms with Crippen molar-refractivity contribution in [1.29, 1.82) is 0 Å². The Morgan fingerprint density at radius 1 is 0.900 bits per heavy atom. The first-order valence-electron chi connectivity index (χ1n) is 9.65. The lowest BCUT2D eigenvalue weighted by Crippen LogP contribution is -2.49. The summed E-state index contributed by atoms with van der Waals surface area (Å²) in [6.45, 7) is 5.76. The summed E-state index contributed by atoms with van der Waals surface area (Å²) in [5.41, 5.74) is 1.92. The lowest BCUT2D eigenvalue weighted by atomic mass is 10.3. The summed E-state index contributed by atoms with van der Waals surface area (Å²) in [5, 5.41) is 13.0. The van der Waals surface area contributed by atoms with E-state index in [0.29, 0.717) is 37.7 Å². The standard InChI is InChI=1S/C20H24N6O3S/c1-15-14-16(2)26(23-15)20-9-8-19(21-22-20)24-10-12-25(13-11-24)30(27,28)18-6-4-17(29-3)5-7-18/h4-9,14H,10-13H2,1-3H3. The lowest BCUT2D eigenvalue weighted by Gasteiger charge is -2.34. The monoisotopic (exact) mass is 428 g/mol. The maximum absolute atomic E-state index is 12.9. The number of aryl methyl sites for hydroxylation is 2. The predicted octanol–water partition coefficient (Wildman–Crippen LogP) is 1.80. The van der Waals surface area contributed by atoms with Crippen molar-refractivity contribution in [1.82, 2.24) is 24.3 Å². The van der Waals surface area contributed by atoms with Crippen LogP contribution in [-0.4, -0.2) is 66.0 Å². The Balaban J connectivity index is 1.43. The van der Waals surface area contributed by atoms with E-state index in [-0.39, 0.29) is 4.90 Å². The first-order chi connectivity index (χ1) is 14.4. The molecule has 0 atom stereocenters. The summed E-state index contributed by atoms with van der Waals surface area (Å²) in [6.07, 6.45) is 0. The van der Waals surface area contributed by atoms with E-state index in [1.807, 2.05) is 36.9 Å². The second-order valence-corrected chi connectivity index (χ2v) is 9.09. The Hall–Kier alpha value is -2.98. The second kappa shape index (κ2) is 8.04. The zero-order valence-electron chi connectivity index (χ0n) is 17.2. The van der Waals surface area contributed by atoms with Gasteiger partial charge in [0.25, 0.3) is 0 Å². The van der Waals surface area contributed by atoms with E-state index in [1.54, 1.807) is 36.1 Å². The molecule has 0 unspecified atom stereocenters. The topological polar surface area (TPSA) is 93.5 Å². The zero-order valence-corrected chi connectivity index (χ0v) is 18.0. The summed E-state index contributed by atoms with van der Waals surface area (Å²) < 4.78 is 34.1. The Bertz CT molecular complexity index is 1120. The van der Waals surface area contributed by atoms with Gasteiger partial charge in [0.1, 0.15) is 5.75 Å². The summed E-state index contributed by atoms with van der Waals surface area (Å²) in [6, 6.07) is 12.2. The highest BCUT2D eigenvalue weighted by Crippen LogP contribution is 2.22. The fourth-order valence-corrected chi connectivity index (χ4v) is 4.94. The van der Waals surface area contributed by atoms with Crippen molar-refractivity contribution in [3.63, 3.8) is 0 Å². The minimum atomic E-state index is -3.53. The molecule has 3 heterocycles. The molecule has 2 aromatic heterocycles. The van der Waals surface area contributed by atoms with Gasteiger partial charge >= 0.3 is 0 Å². The number of sulfonamides is 1. The quantitative estimate of drug-likeness (QED) is 0.612. The number of methoxy groups -OCH3 is 1. The van der Waals surface area contributed by atoms with Gasteiger partial charge in [-0.1, -0.05) is 0 Å². The van der Waals surface area contributed by atoms with Gasteiger partial charge in [0.05, 0.1) is 17.7 Å². The van der Waals surface area contributed by atoms with Crippen LogP contribution in [0.25, 0.3) is 5.82 Å². The minimum absolute atomic E-state index is 0.269. The van der Waals surface area contributed by atoms with Crippen molar-refractivity contribution in [3.8, 4) is 11.6 Å². The third-order valence-electron chi connectivity index (χ3n) is 5.12. The molecule has 1 saturated heterocycles. The van der Waals surface area contributed by atoms with Gasteiger partial charge in [0, 0.05) is 31.9 Å². The van der Waals surface area contributed by atoms with Crippen molar-refractivity contribution in [2.45, 2.75) is 18.7 Å². The molecule has 4 rings (SSSR count). The van der Waals surface area contributed by atoms with Crippen LogP contribution in [0.4, 0.5) is 5.82 Å².